The van der Waals surface area contributed by atoms with Crippen LogP contribution in [0.1, 0.15) is 18.2 Å². The number of hydrogen-bond acceptors (Lipinski definition) is 6. The minimum absolute atomic E-state index is 0.000932. The second-order valence-electron chi connectivity index (χ2n) is 5.99. The van der Waals surface area contributed by atoms with Crippen molar-refractivity contribution >= 4 is 22.6 Å². The first-order valence-corrected chi connectivity index (χ1v) is 8.04. The molecule has 0 fully saturated rings. The average molecular weight is 353 g/mol. The van der Waals surface area contributed by atoms with Gasteiger partial charge in [-0.2, -0.15) is 0 Å². The zero-order chi connectivity index (χ0) is 18.3. The van der Waals surface area contributed by atoms with Crippen LogP contribution in [0.3, 0.4) is 0 Å². The number of aromatic hydroxyl groups is 1. The number of aliphatic carboxylic acids is 1. The van der Waals surface area contributed by atoms with Crippen LogP contribution in [0.15, 0.2) is 57.7 Å². The minimum atomic E-state index is -0.936. The molecule has 2 aromatic carbocycles. The van der Waals surface area contributed by atoms with Gasteiger partial charge < -0.3 is 24.3 Å². The first kappa shape index (κ1) is 16.0. The summed E-state index contributed by atoms with van der Waals surface area (Å²) >= 11 is 0. The molecule has 3 aromatic rings. The number of anilines is 1. The maximum absolute atomic E-state index is 12.5. The van der Waals surface area contributed by atoms with Gasteiger partial charge in [-0.1, -0.05) is 12.1 Å². The third kappa shape index (κ3) is 2.73. The van der Waals surface area contributed by atoms with E-state index in [9.17, 15) is 14.7 Å². The van der Waals surface area contributed by atoms with Crippen molar-refractivity contribution in [3.63, 3.8) is 0 Å². The number of carboxylic acid groups (broad SMARTS) is 1. The second kappa shape index (κ2) is 6.11. The smallest absolute Gasteiger partial charge is 0.345 e. The highest BCUT2D eigenvalue weighted by Gasteiger charge is 2.34. The summed E-state index contributed by atoms with van der Waals surface area (Å²) in [7, 11) is 0. The molecule has 7 nitrogen and oxygen atoms in total. The number of fused-ring (bicyclic) bond motifs is 2. The third-order valence-corrected chi connectivity index (χ3v) is 4.28. The van der Waals surface area contributed by atoms with Gasteiger partial charge in [-0.3, -0.25) is 4.79 Å². The zero-order valence-electron chi connectivity index (χ0n) is 13.6. The second-order valence-corrected chi connectivity index (χ2v) is 5.99. The summed E-state index contributed by atoms with van der Waals surface area (Å²) in [5, 5.41) is 19.2. The van der Waals surface area contributed by atoms with Crippen molar-refractivity contribution in [3.8, 4) is 11.5 Å². The van der Waals surface area contributed by atoms with Gasteiger partial charge in [0.25, 0.3) is 0 Å². The fourth-order valence-corrected chi connectivity index (χ4v) is 3.08. The van der Waals surface area contributed by atoms with Crippen LogP contribution in [0.5, 0.6) is 11.5 Å². The molecule has 1 aromatic heterocycles. The summed E-state index contributed by atoms with van der Waals surface area (Å²) in [6.45, 7) is 0.185. The number of carbonyl (C=O) groups is 1. The van der Waals surface area contributed by atoms with Crippen LogP contribution in [0.4, 0.5) is 5.69 Å². The molecule has 132 valence electrons. The molecule has 0 spiro atoms. The van der Waals surface area contributed by atoms with Gasteiger partial charge in [0.05, 0.1) is 17.7 Å². The van der Waals surface area contributed by atoms with Gasteiger partial charge in [-0.15, -0.1) is 0 Å². The Morgan fingerprint density at radius 2 is 1.96 bits per heavy atom. The van der Waals surface area contributed by atoms with E-state index in [0.717, 1.165) is 5.69 Å². The van der Waals surface area contributed by atoms with E-state index in [2.05, 4.69) is 0 Å². The van der Waals surface area contributed by atoms with E-state index < -0.39 is 17.8 Å². The monoisotopic (exact) mass is 353 g/mol. The molecule has 1 aliphatic heterocycles. The van der Waals surface area contributed by atoms with Crippen molar-refractivity contribution in [3.05, 3.63) is 64.5 Å². The van der Waals surface area contributed by atoms with Gasteiger partial charge in [0, 0.05) is 18.0 Å². The Morgan fingerprint density at radius 3 is 2.77 bits per heavy atom. The largest absolute Gasteiger partial charge is 0.508 e. The first-order chi connectivity index (χ1) is 12.5. The van der Waals surface area contributed by atoms with Crippen LogP contribution in [0.25, 0.3) is 11.0 Å². The minimum Gasteiger partial charge on any atom is -0.508 e. The van der Waals surface area contributed by atoms with Crippen molar-refractivity contribution in [2.45, 2.75) is 12.6 Å². The van der Waals surface area contributed by atoms with E-state index in [1.54, 1.807) is 23.1 Å². The lowest BCUT2D eigenvalue weighted by Crippen LogP contribution is -2.32. The van der Waals surface area contributed by atoms with Gasteiger partial charge in [0.2, 0.25) is 6.23 Å². The van der Waals surface area contributed by atoms with Gasteiger partial charge in [-0.05, 0) is 30.3 Å². The predicted octanol–water partition coefficient (Wildman–Crippen LogP) is 2.87. The number of para-hydroxylation sites is 2. The van der Waals surface area contributed by atoms with Crippen LogP contribution >= 0.6 is 0 Å². The molecular formula is C19H15NO6. The topological polar surface area (TPSA) is 100 Å². The van der Waals surface area contributed by atoms with Crippen molar-refractivity contribution in [1.82, 2.24) is 0 Å². The maximum Gasteiger partial charge on any atom is 0.345 e. The number of hydrogen-bond donors (Lipinski definition) is 2. The normalized spacial score (nSPS) is 15.7. The van der Waals surface area contributed by atoms with Gasteiger partial charge >= 0.3 is 11.6 Å². The van der Waals surface area contributed by atoms with E-state index in [-0.39, 0.29) is 29.9 Å². The Morgan fingerprint density at radius 1 is 1.15 bits per heavy atom. The molecule has 1 aliphatic rings. The standard InChI is InChI=1S/C19H15NO6/c21-12-6-5-11-9-13(19(24)26-16(11)10-12)18-20(8-7-17(22)23)14-3-1-2-4-15(14)25-18/h1-6,9-10,18,21H,7-8H2,(H,22,23). The molecule has 0 saturated heterocycles. The molecule has 1 atom stereocenters. The molecule has 4 rings (SSSR count). The summed E-state index contributed by atoms with van der Waals surface area (Å²) in [6, 6.07) is 13.4. The molecule has 2 heterocycles. The van der Waals surface area contributed by atoms with Crippen molar-refractivity contribution < 1.29 is 24.2 Å². The lowest BCUT2D eigenvalue weighted by Gasteiger charge is -2.24. The Kier molecular flexibility index (Phi) is 3.76. The lowest BCUT2D eigenvalue weighted by molar-refractivity contribution is -0.136. The number of phenols is 1. The highest BCUT2D eigenvalue weighted by molar-refractivity contribution is 5.79. The van der Waals surface area contributed by atoms with Crippen LogP contribution in [0.2, 0.25) is 0 Å². The Balaban J connectivity index is 1.79. The number of ether oxygens (including phenoxy) is 1. The Hall–Kier alpha value is -3.48. The van der Waals surface area contributed by atoms with Gasteiger partial charge in [0.15, 0.2) is 0 Å². The summed E-state index contributed by atoms with van der Waals surface area (Å²) in [6.07, 6.45) is -0.873. The Bertz CT molecular complexity index is 1060. The van der Waals surface area contributed by atoms with E-state index in [1.807, 2.05) is 18.2 Å². The Labute approximate surface area is 147 Å². The molecule has 0 aliphatic carbocycles. The lowest BCUT2D eigenvalue weighted by atomic mass is 10.1. The predicted molar refractivity (Wildman–Crippen MR) is 93.6 cm³/mol. The molecule has 0 radical (unpaired) electrons. The fraction of sp³-hybridized carbons (Fsp3) is 0.158. The molecule has 0 amide bonds. The quantitative estimate of drug-likeness (QED) is 0.696. The third-order valence-electron chi connectivity index (χ3n) is 4.28. The van der Waals surface area contributed by atoms with Crippen molar-refractivity contribution in [2.75, 3.05) is 11.4 Å². The summed E-state index contributed by atoms with van der Waals surface area (Å²) < 4.78 is 11.2. The molecule has 26 heavy (non-hydrogen) atoms. The van der Waals surface area contributed by atoms with E-state index in [1.165, 1.54) is 12.1 Å². The zero-order valence-corrected chi connectivity index (χ0v) is 13.6. The maximum atomic E-state index is 12.5. The van der Waals surface area contributed by atoms with E-state index in [0.29, 0.717) is 11.1 Å². The molecule has 2 N–H and O–H groups in total. The van der Waals surface area contributed by atoms with Gasteiger partial charge in [-0.25, -0.2) is 4.79 Å². The SMILES string of the molecule is O=C(O)CCN1c2ccccc2OC1c1cc2ccc(O)cc2oc1=O. The van der Waals surface area contributed by atoms with Gasteiger partial charge in [0.1, 0.15) is 17.1 Å². The van der Waals surface area contributed by atoms with E-state index >= 15 is 0 Å². The van der Waals surface area contributed by atoms with Crippen LogP contribution in [-0.4, -0.2) is 22.7 Å². The molecule has 7 heteroatoms. The number of carboxylic acids is 1. The molecule has 1 unspecified atom stereocenters. The number of benzene rings is 2. The first-order valence-electron chi connectivity index (χ1n) is 8.04. The van der Waals surface area contributed by atoms with E-state index in [4.69, 9.17) is 14.3 Å². The summed E-state index contributed by atoms with van der Waals surface area (Å²) in [4.78, 5) is 25.2. The van der Waals surface area contributed by atoms with Crippen molar-refractivity contribution in [2.24, 2.45) is 0 Å². The number of rotatable bonds is 4. The van der Waals surface area contributed by atoms with Crippen LogP contribution < -0.4 is 15.3 Å². The molecule has 0 bridgehead atoms. The highest BCUT2D eigenvalue weighted by atomic mass is 16.5. The van der Waals surface area contributed by atoms with Crippen molar-refractivity contribution in [1.29, 1.82) is 0 Å². The number of phenolic OH excluding ortho intramolecular Hbond substituents is 1. The average Bonchev–Trinajstić information content (AvgIpc) is 2.97. The summed E-state index contributed by atoms with van der Waals surface area (Å²) in [5.41, 5.74) is 0.668. The van der Waals surface area contributed by atoms with Crippen LogP contribution in [0, 0.1) is 0 Å². The number of nitrogens with zero attached hydrogens (tertiary/aromatic N) is 1. The molecule has 0 saturated carbocycles. The van der Waals surface area contributed by atoms with Crippen LogP contribution in [-0.2, 0) is 4.79 Å². The summed E-state index contributed by atoms with van der Waals surface area (Å²) in [5.74, 6) is -0.358. The fourth-order valence-electron chi connectivity index (χ4n) is 3.08. The highest BCUT2D eigenvalue weighted by Crippen LogP contribution is 2.42. The molecular weight excluding hydrogens is 338 g/mol.